The number of imidazole rings is 1. The molecule has 1 heterocycles. The molecule has 19 heavy (non-hydrogen) atoms. The van der Waals surface area contributed by atoms with Gasteiger partial charge in [0.2, 0.25) is 0 Å². The Hall–Kier alpha value is -0.830. The summed E-state index contributed by atoms with van der Waals surface area (Å²) in [5, 5.41) is 0. The average molecular weight is 319 g/mol. The van der Waals surface area contributed by atoms with Crippen LogP contribution >= 0.6 is 15.9 Å². The minimum absolute atomic E-state index is 0.878. The molecule has 4 rings (SSSR count). The molecule has 0 amide bonds. The van der Waals surface area contributed by atoms with Crippen LogP contribution in [-0.4, -0.2) is 9.97 Å². The molecule has 2 saturated carbocycles. The van der Waals surface area contributed by atoms with Crippen LogP contribution in [-0.2, 0) is 6.42 Å². The summed E-state index contributed by atoms with van der Waals surface area (Å²) in [6.45, 7) is 2.13. The molecule has 100 valence electrons. The van der Waals surface area contributed by atoms with Crippen LogP contribution in [0.15, 0.2) is 16.6 Å². The van der Waals surface area contributed by atoms with Gasteiger partial charge in [0.25, 0.3) is 0 Å². The number of aromatic amines is 1. The fourth-order valence-electron chi connectivity index (χ4n) is 4.27. The minimum Gasteiger partial charge on any atom is -0.342 e. The van der Waals surface area contributed by atoms with Crippen LogP contribution in [0.4, 0.5) is 0 Å². The van der Waals surface area contributed by atoms with Crippen molar-refractivity contribution in [3.05, 3.63) is 28.0 Å². The first kappa shape index (κ1) is 12.0. The van der Waals surface area contributed by atoms with Crippen LogP contribution < -0.4 is 0 Å². The van der Waals surface area contributed by atoms with Gasteiger partial charge in [-0.15, -0.1) is 0 Å². The van der Waals surface area contributed by atoms with Crippen molar-refractivity contribution in [2.75, 3.05) is 0 Å². The molecule has 3 unspecified atom stereocenters. The van der Waals surface area contributed by atoms with Crippen molar-refractivity contribution in [1.82, 2.24) is 9.97 Å². The third-order valence-corrected chi connectivity index (χ3v) is 5.59. The van der Waals surface area contributed by atoms with Crippen LogP contribution in [0.1, 0.15) is 37.1 Å². The first-order chi connectivity index (χ1) is 9.19. The summed E-state index contributed by atoms with van der Waals surface area (Å²) in [6.07, 6.45) is 7.00. The Morgan fingerprint density at radius 2 is 2.21 bits per heavy atom. The third-order valence-electron chi connectivity index (χ3n) is 5.13. The minimum atomic E-state index is 0.878. The summed E-state index contributed by atoms with van der Waals surface area (Å²) in [7, 11) is 0. The van der Waals surface area contributed by atoms with Crippen LogP contribution in [0.2, 0.25) is 0 Å². The second-order valence-corrected chi connectivity index (χ2v) is 7.36. The van der Waals surface area contributed by atoms with Gasteiger partial charge in [-0.3, -0.25) is 0 Å². The Kier molecular flexibility index (Phi) is 2.73. The average Bonchev–Trinajstić information content (AvgIpc) is 3.03. The molecule has 2 aliphatic carbocycles. The molecular weight excluding hydrogens is 300 g/mol. The second kappa shape index (κ2) is 4.34. The number of rotatable bonds is 2. The number of halogens is 1. The lowest BCUT2D eigenvalue weighted by atomic mass is 9.86. The van der Waals surface area contributed by atoms with Gasteiger partial charge in [0.15, 0.2) is 0 Å². The predicted molar refractivity (Wildman–Crippen MR) is 81.2 cm³/mol. The number of H-pyrrole nitrogens is 1. The Bertz CT molecular complexity index is 631. The third kappa shape index (κ3) is 2.03. The molecule has 2 bridgehead atoms. The van der Waals surface area contributed by atoms with Gasteiger partial charge in [-0.25, -0.2) is 4.98 Å². The highest BCUT2D eigenvalue weighted by Crippen LogP contribution is 2.49. The lowest BCUT2D eigenvalue weighted by Crippen LogP contribution is -2.13. The fourth-order valence-corrected chi connectivity index (χ4v) is 4.84. The Morgan fingerprint density at radius 1 is 1.32 bits per heavy atom. The molecule has 2 nitrogen and oxygen atoms in total. The van der Waals surface area contributed by atoms with Crippen molar-refractivity contribution in [3.8, 4) is 0 Å². The molecule has 1 aromatic carbocycles. The summed E-state index contributed by atoms with van der Waals surface area (Å²) in [4.78, 5) is 8.35. The molecule has 2 aromatic rings. The Balaban J connectivity index is 1.63. The molecule has 0 aliphatic heterocycles. The zero-order chi connectivity index (χ0) is 13.0. The van der Waals surface area contributed by atoms with E-state index in [1.54, 1.807) is 0 Å². The van der Waals surface area contributed by atoms with Crippen LogP contribution in [0.3, 0.4) is 0 Å². The van der Waals surface area contributed by atoms with Gasteiger partial charge in [0.1, 0.15) is 5.82 Å². The number of benzene rings is 1. The van der Waals surface area contributed by atoms with Gasteiger partial charge in [0, 0.05) is 10.9 Å². The van der Waals surface area contributed by atoms with Gasteiger partial charge in [-0.2, -0.15) is 0 Å². The van der Waals surface area contributed by atoms with Crippen LogP contribution in [0.5, 0.6) is 0 Å². The van der Waals surface area contributed by atoms with Crippen molar-refractivity contribution in [1.29, 1.82) is 0 Å². The van der Waals surface area contributed by atoms with E-state index in [1.807, 2.05) is 0 Å². The second-order valence-electron chi connectivity index (χ2n) is 6.44. The van der Waals surface area contributed by atoms with Gasteiger partial charge in [-0.1, -0.05) is 22.4 Å². The Morgan fingerprint density at radius 3 is 2.95 bits per heavy atom. The largest absolute Gasteiger partial charge is 0.342 e. The number of fused-ring (bicyclic) bond motifs is 3. The number of nitrogens with one attached hydrogen (secondary N) is 1. The van der Waals surface area contributed by atoms with E-state index < -0.39 is 0 Å². The number of hydrogen-bond acceptors (Lipinski definition) is 1. The predicted octanol–water partition coefficient (Wildman–Crippen LogP) is 4.61. The highest BCUT2D eigenvalue weighted by atomic mass is 79.9. The number of hydrogen-bond donors (Lipinski definition) is 1. The van der Waals surface area contributed by atoms with E-state index in [-0.39, 0.29) is 0 Å². The normalized spacial score (nSPS) is 29.5. The van der Waals surface area contributed by atoms with E-state index in [4.69, 9.17) is 4.98 Å². The standard InChI is InChI=1S/C16H19BrN2/c1-9-4-13(17)8-14-16(9)19-15(18-14)7-12-6-10-2-3-11(12)5-10/h4,8,10-12H,2-3,5-7H2,1H3,(H,18,19). The van der Waals surface area contributed by atoms with E-state index in [9.17, 15) is 0 Å². The lowest BCUT2D eigenvalue weighted by molar-refractivity contribution is 0.327. The Labute approximate surface area is 122 Å². The molecule has 0 radical (unpaired) electrons. The zero-order valence-corrected chi connectivity index (χ0v) is 12.8. The summed E-state index contributed by atoms with van der Waals surface area (Å²) in [6, 6.07) is 4.28. The maximum Gasteiger partial charge on any atom is 0.107 e. The molecule has 3 atom stereocenters. The molecule has 0 spiro atoms. The molecule has 1 N–H and O–H groups in total. The van der Waals surface area contributed by atoms with Crippen molar-refractivity contribution in [2.24, 2.45) is 17.8 Å². The molecule has 2 aliphatic rings. The topological polar surface area (TPSA) is 28.7 Å². The molecule has 0 saturated heterocycles. The number of aryl methyl sites for hydroxylation is 1. The molecule has 3 heteroatoms. The molecule has 1 aromatic heterocycles. The van der Waals surface area contributed by atoms with Gasteiger partial charge in [-0.05, 0) is 61.6 Å². The quantitative estimate of drug-likeness (QED) is 0.860. The van der Waals surface area contributed by atoms with Crippen LogP contribution in [0.25, 0.3) is 11.0 Å². The molecular formula is C16H19BrN2. The maximum atomic E-state index is 4.82. The van der Waals surface area contributed by atoms with Crippen LogP contribution in [0, 0.1) is 24.7 Å². The highest BCUT2D eigenvalue weighted by molar-refractivity contribution is 9.10. The van der Waals surface area contributed by atoms with E-state index in [1.165, 1.54) is 42.6 Å². The fraction of sp³-hybridized carbons (Fsp3) is 0.562. The number of aromatic nitrogens is 2. The highest BCUT2D eigenvalue weighted by Gasteiger charge is 2.39. The zero-order valence-electron chi connectivity index (χ0n) is 11.2. The number of nitrogens with zero attached hydrogens (tertiary/aromatic N) is 1. The van der Waals surface area contributed by atoms with E-state index in [2.05, 4.69) is 40.0 Å². The van der Waals surface area contributed by atoms with Gasteiger partial charge in [0.05, 0.1) is 11.0 Å². The first-order valence-corrected chi connectivity index (χ1v) is 8.13. The first-order valence-electron chi connectivity index (χ1n) is 7.34. The summed E-state index contributed by atoms with van der Waals surface area (Å²) in [5.41, 5.74) is 3.56. The van der Waals surface area contributed by atoms with Gasteiger partial charge >= 0.3 is 0 Å². The van der Waals surface area contributed by atoms with E-state index in [0.717, 1.165) is 34.2 Å². The SMILES string of the molecule is Cc1cc(Br)cc2[nH]c(CC3CC4CCC3C4)nc12. The molecule has 2 fully saturated rings. The van der Waals surface area contributed by atoms with Crippen molar-refractivity contribution < 1.29 is 0 Å². The summed E-state index contributed by atoms with van der Waals surface area (Å²) >= 11 is 3.56. The smallest absolute Gasteiger partial charge is 0.107 e. The lowest BCUT2D eigenvalue weighted by Gasteiger charge is -2.20. The van der Waals surface area contributed by atoms with Crippen molar-refractivity contribution >= 4 is 27.0 Å². The summed E-state index contributed by atoms with van der Waals surface area (Å²) < 4.78 is 1.13. The monoisotopic (exact) mass is 318 g/mol. The van der Waals surface area contributed by atoms with E-state index in [0.29, 0.717) is 0 Å². The summed E-state index contributed by atoms with van der Waals surface area (Å²) in [5.74, 6) is 4.07. The van der Waals surface area contributed by atoms with Crippen molar-refractivity contribution in [2.45, 2.75) is 39.0 Å². The van der Waals surface area contributed by atoms with E-state index >= 15 is 0 Å². The van der Waals surface area contributed by atoms with Crippen molar-refractivity contribution in [3.63, 3.8) is 0 Å². The maximum absolute atomic E-state index is 4.82. The van der Waals surface area contributed by atoms with Gasteiger partial charge < -0.3 is 4.98 Å².